The van der Waals surface area contributed by atoms with Crippen LogP contribution in [0.3, 0.4) is 0 Å². The first-order chi connectivity index (χ1) is 13.8. The van der Waals surface area contributed by atoms with Crippen molar-refractivity contribution < 1.29 is 14.3 Å². The number of benzene rings is 3. The van der Waals surface area contributed by atoms with Gasteiger partial charge < -0.3 is 9.47 Å². The molecule has 0 unspecified atom stereocenters. The fourth-order valence-corrected chi connectivity index (χ4v) is 3.75. The summed E-state index contributed by atoms with van der Waals surface area (Å²) in [5.41, 5.74) is 4.24. The first-order valence-corrected chi connectivity index (χ1v) is 10.9. The van der Waals surface area contributed by atoms with E-state index in [-0.39, 0.29) is 12.5 Å². The maximum Gasteiger partial charge on any atom is 0.349 e. The maximum atomic E-state index is 12.3. The second kappa shape index (κ2) is 9.59. The van der Waals surface area contributed by atoms with E-state index in [2.05, 4.69) is 45.7 Å². The lowest BCUT2D eigenvalue weighted by atomic mass is 10.0. The van der Waals surface area contributed by atoms with Gasteiger partial charge in [0, 0.05) is 4.47 Å². The fourth-order valence-electron chi connectivity index (χ4n) is 2.93. The molecule has 0 amide bonds. The van der Waals surface area contributed by atoms with Gasteiger partial charge in [-0.05, 0) is 75.3 Å². The zero-order chi connectivity index (χ0) is 21.0. The Bertz CT molecular complexity index is 1010. The van der Waals surface area contributed by atoms with E-state index in [1.165, 1.54) is 0 Å². The molecule has 0 aliphatic rings. The van der Waals surface area contributed by atoms with E-state index in [0.29, 0.717) is 11.5 Å². The summed E-state index contributed by atoms with van der Waals surface area (Å²) in [7, 11) is 0. The van der Waals surface area contributed by atoms with E-state index in [9.17, 15) is 4.79 Å². The Morgan fingerprint density at radius 2 is 1.62 bits per heavy atom. The molecule has 0 radical (unpaired) electrons. The van der Waals surface area contributed by atoms with Crippen LogP contribution in [-0.4, -0.2) is 12.6 Å². The average molecular weight is 518 g/mol. The Labute approximate surface area is 188 Å². The van der Waals surface area contributed by atoms with Crippen molar-refractivity contribution in [1.29, 1.82) is 0 Å². The quantitative estimate of drug-likeness (QED) is 0.254. The smallest absolute Gasteiger partial charge is 0.349 e. The lowest BCUT2D eigenvalue weighted by Gasteiger charge is -2.16. The van der Waals surface area contributed by atoms with Gasteiger partial charge in [0.15, 0.2) is 6.61 Å². The molecule has 0 fully saturated rings. The second-order valence-corrected chi connectivity index (χ2v) is 8.78. The summed E-state index contributed by atoms with van der Waals surface area (Å²) < 4.78 is 13.0. The van der Waals surface area contributed by atoms with Gasteiger partial charge >= 0.3 is 5.97 Å². The Kier molecular flexibility index (Phi) is 7.14. The van der Waals surface area contributed by atoms with Gasteiger partial charge in [-0.1, -0.05) is 66.2 Å². The van der Waals surface area contributed by atoms with Gasteiger partial charge in [0.05, 0.1) is 4.47 Å². The number of carbonyl (C=O) groups excluding carboxylic acids is 1. The number of carbonyl (C=O) groups is 1. The van der Waals surface area contributed by atoms with Crippen molar-refractivity contribution in [2.75, 3.05) is 6.61 Å². The summed E-state index contributed by atoms with van der Waals surface area (Å²) in [6, 6.07) is 19.7. The number of esters is 1. The van der Waals surface area contributed by atoms with Crippen LogP contribution >= 0.6 is 31.9 Å². The van der Waals surface area contributed by atoms with E-state index in [0.717, 1.165) is 31.2 Å². The predicted molar refractivity (Wildman–Crippen MR) is 124 cm³/mol. The fraction of sp³-hybridized carbons (Fsp3) is 0.208. The van der Waals surface area contributed by atoms with Crippen LogP contribution in [0.4, 0.5) is 0 Å². The van der Waals surface area contributed by atoms with E-state index in [4.69, 9.17) is 9.47 Å². The van der Waals surface area contributed by atoms with Crippen molar-refractivity contribution in [3.8, 4) is 22.6 Å². The number of ether oxygens (including phenoxy) is 2. The molecule has 150 valence electrons. The highest BCUT2D eigenvalue weighted by Gasteiger charge is 2.14. The van der Waals surface area contributed by atoms with Crippen LogP contribution in [0.2, 0.25) is 0 Å². The molecule has 0 spiro atoms. The maximum absolute atomic E-state index is 12.3. The van der Waals surface area contributed by atoms with Crippen molar-refractivity contribution in [1.82, 2.24) is 0 Å². The molecule has 3 aromatic rings. The van der Waals surface area contributed by atoms with E-state index < -0.39 is 5.97 Å². The molecule has 0 aromatic heterocycles. The molecule has 0 bridgehead atoms. The van der Waals surface area contributed by atoms with Crippen LogP contribution in [0.1, 0.15) is 30.9 Å². The van der Waals surface area contributed by atoms with Crippen molar-refractivity contribution in [3.05, 3.63) is 80.7 Å². The van der Waals surface area contributed by atoms with Crippen LogP contribution in [0.25, 0.3) is 11.1 Å². The van der Waals surface area contributed by atoms with Crippen LogP contribution in [0.5, 0.6) is 11.5 Å². The molecule has 29 heavy (non-hydrogen) atoms. The van der Waals surface area contributed by atoms with Crippen LogP contribution in [-0.2, 0) is 4.79 Å². The summed E-state index contributed by atoms with van der Waals surface area (Å²) in [6.45, 7) is 6.01. The second-order valence-electron chi connectivity index (χ2n) is 7.07. The summed E-state index contributed by atoms with van der Waals surface area (Å²) in [5.74, 6) is 0.997. The molecule has 3 aromatic carbocycles. The minimum absolute atomic E-state index is 0.159. The highest BCUT2D eigenvalue weighted by atomic mass is 79.9. The molecule has 0 saturated carbocycles. The summed E-state index contributed by atoms with van der Waals surface area (Å²) in [5, 5.41) is 0. The molecule has 0 saturated heterocycles. The Balaban J connectivity index is 1.68. The standard InChI is InChI=1S/C24H22Br2O3/c1-15(2)19-13-20(25)16(3)11-23(19)28-14-24(27)29-22-10-9-18(12-21(22)26)17-7-5-4-6-8-17/h4-13,15H,14H2,1-3H3. The lowest BCUT2D eigenvalue weighted by Crippen LogP contribution is -2.18. The van der Waals surface area contributed by atoms with Gasteiger partial charge in [-0.3, -0.25) is 0 Å². The number of rotatable bonds is 6. The van der Waals surface area contributed by atoms with Crippen LogP contribution in [0, 0.1) is 6.92 Å². The number of aryl methyl sites for hydroxylation is 1. The van der Waals surface area contributed by atoms with Crippen molar-refractivity contribution in [2.45, 2.75) is 26.7 Å². The molecule has 0 N–H and O–H groups in total. The van der Waals surface area contributed by atoms with E-state index in [1.54, 1.807) is 6.07 Å². The molecule has 0 aliphatic carbocycles. The monoisotopic (exact) mass is 516 g/mol. The molecule has 0 aliphatic heterocycles. The predicted octanol–water partition coefficient (Wildman–Crippen LogP) is 7.29. The first-order valence-electron chi connectivity index (χ1n) is 9.33. The molecule has 0 heterocycles. The Morgan fingerprint density at radius 3 is 2.28 bits per heavy atom. The summed E-state index contributed by atoms with van der Waals surface area (Å²) in [6.07, 6.45) is 0. The summed E-state index contributed by atoms with van der Waals surface area (Å²) in [4.78, 5) is 12.3. The lowest BCUT2D eigenvalue weighted by molar-refractivity contribution is -0.136. The van der Waals surface area contributed by atoms with Gasteiger partial charge in [-0.15, -0.1) is 0 Å². The van der Waals surface area contributed by atoms with Crippen molar-refractivity contribution in [3.63, 3.8) is 0 Å². The van der Waals surface area contributed by atoms with Gasteiger partial charge in [-0.2, -0.15) is 0 Å². The Morgan fingerprint density at radius 1 is 0.897 bits per heavy atom. The first kappa shape index (κ1) is 21.6. The van der Waals surface area contributed by atoms with Crippen molar-refractivity contribution in [2.24, 2.45) is 0 Å². The van der Waals surface area contributed by atoms with Crippen molar-refractivity contribution >= 4 is 37.8 Å². The number of hydrogen-bond acceptors (Lipinski definition) is 3. The molecule has 3 rings (SSSR count). The van der Waals surface area contributed by atoms with E-state index in [1.807, 2.05) is 61.5 Å². The topological polar surface area (TPSA) is 35.5 Å². The molecule has 5 heteroatoms. The third-order valence-electron chi connectivity index (χ3n) is 4.52. The van der Waals surface area contributed by atoms with Gasteiger partial charge in [0.1, 0.15) is 11.5 Å². The third kappa shape index (κ3) is 5.49. The van der Waals surface area contributed by atoms with Crippen LogP contribution < -0.4 is 9.47 Å². The summed E-state index contributed by atoms with van der Waals surface area (Å²) >= 11 is 7.04. The highest BCUT2D eigenvalue weighted by molar-refractivity contribution is 9.10. The van der Waals surface area contributed by atoms with E-state index >= 15 is 0 Å². The molecule has 0 atom stereocenters. The zero-order valence-corrected chi connectivity index (χ0v) is 19.7. The SMILES string of the molecule is Cc1cc(OCC(=O)Oc2ccc(-c3ccccc3)cc2Br)c(C(C)C)cc1Br. The van der Waals surface area contributed by atoms with Gasteiger partial charge in [0.25, 0.3) is 0 Å². The molecule has 3 nitrogen and oxygen atoms in total. The van der Waals surface area contributed by atoms with Crippen LogP contribution in [0.15, 0.2) is 69.6 Å². The normalized spacial score (nSPS) is 10.8. The molecular weight excluding hydrogens is 496 g/mol. The minimum atomic E-state index is -0.451. The largest absolute Gasteiger partial charge is 0.482 e. The zero-order valence-electron chi connectivity index (χ0n) is 16.5. The highest BCUT2D eigenvalue weighted by Crippen LogP contribution is 2.33. The number of hydrogen-bond donors (Lipinski definition) is 0. The number of halogens is 2. The molecular formula is C24H22Br2O3. The third-order valence-corrected chi connectivity index (χ3v) is 6.00. The van der Waals surface area contributed by atoms with Gasteiger partial charge in [-0.25, -0.2) is 4.79 Å². The average Bonchev–Trinajstić information content (AvgIpc) is 2.70. The van der Waals surface area contributed by atoms with Gasteiger partial charge in [0.2, 0.25) is 0 Å². The minimum Gasteiger partial charge on any atom is -0.482 e. The Hall–Kier alpha value is -2.11.